The minimum atomic E-state index is -0.0659. The van der Waals surface area contributed by atoms with Gasteiger partial charge in [0, 0.05) is 18.5 Å². The molecule has 0 aliphatic heterocycles. The molecule has 2 amide bonds. The van der Waals surface area contributed by atoms with Crippen LogP contribution < -0.4 is 10.6 Å². The molecule has 0 bridgehead atoms. The zero-order valence-corrected chi connectivity index (χ0v) is 14.2. The van der Waals surface area contributed by atoms with Gasteiger partial charge >= 0.3 is 6.03 Å². The van der Waals surface area contributed by atoms with Crippen LogP contribution in [0.25, 0.3) is 0 Å². The molecule has 0 aromatic heterocycles. The highest BCUT2D eigenvalue weighted by Crippen LogP contribution is 2.54. The van der Waals surface area contributed by atoms with Crippen LogP contribution in [0, 0.1) is 5.92 Å². The van der Waals surface area contributed by atoms with Crippen molar-refractivity contribution in [2.45, 2.75) is 37.8 Å². The molecule has 4 rings (SSSR count). The van der Waals surface area contributed by atoms with E-state index < -0.39 is 0 Å². The maximum Gasteiger partial charge on any atom is 0.315 e. The van der Waals surface area contributed by atoms with Crippen molar-refractivity contribution in [2.75, 3.05) is 6.54 Å². The maximum atomic E-state index is 12.2. The number of urea groups is 1. The lowest BCUT2D eigenvalue weighted by Gasteiger charge is -2.13. The Morgan fingerprint density at radius 3 is 2.64 bits per heavy atom. The predicted octanol–water partition coefficient (Wildman–Crippen LogP) is 2.75. The molecule has 1 fully saturated rings. The van der Waals surface area contributed by atoms with Gasteiger partial charge in [-0.25, -0.2) is 4.79 Å². The number of nitrogens with one attached hydrogen (secondary N) is 2. The molecule has 0 saturated heterocycles. The van der Waals surface area contributed by atoms with Crippen molar-refractivity contribution in [1.29, 1.82) is 0 Å². The van der Waals surface area contributed by atoms with E-state index >= 15 is 0 Å². The van der Waals surface area contributed by atoms with Crippen molar-refractivity contribution in [2.24, 2.45) is 5.92 Å². The molecule has 1 saturated carbocycles. The fraction of sp³-hybridized carbons (Fsp3) is 0.381. The van der Waals surface area contributed by atoms with Gasteiger partial charge in [-0.3, -0.25) is 0 Å². The monoisotopic (exact) mass is 336 g/mol. The zero-order chi connectivity index (χ0) is 17.2. The van der Waals surface area contributed by atoms with Crippen LogP contribution in [-0.4, -0.2) is 23.7 Å². The van der Waals surface area contributed by atoms with E-state index in [0.717, 1.165) is 24.0 Å². The molecule has 2 aromatic rings. The lowest BCUT2D eigenvalue weighted by molar-refractivity contribution is 0.240. The van der Waals surface area contributed by atoms with Gasteiger partial charge < -0.3 is 15.7 Å². The Morgan fingerprint density at radius 1 is 1.08 bits per heavy atom. The van der Waals surface area contributed by atoms with Crippen LogP contribution in [0.15, 0.2) is 48.5 Å². The fourth-order valence-corrected chi connectivity index (χ4v) is 4.10. The summed E-state index contributed by atoms with van der Waals surface area (Å²) < 4.78 is 0. The average molecular weight is 336 g/mol. The number of rotatable bonds is 5. The van der Waals surface area contributed by atoms with E-state index in [-0.39, 0.29) is 18.7 Å². The van der Waals surface area contributed by atoms with Crippen LogP contribution in [-0.2, 0) is 19.4 Å². The number of aliphatic hydroxyl groups excluding tert-OH is 1. The van der Waals surface area contributed by atoms with Gasteiger partial charge in [0.15, 0.2) is 0 Å². The van der Waals surface area contributed by atoms with Crippen LogP contribution in [0.3, 0.4) is 0 Å². The zero-order valence-electron chi connectivity index (χ0n) is 14.2. The Balaban J connectivity index is 1.25. The molecular formula is C21H24N2O2. The Labute approximate surface area is 148 Å². The Morgan fingerprint density at radius 2 is 1.84 bits per heavy atom. The molecule has 2 aliphatic carbocycles. The van der Waals surface area contributed by atoms with Crippen molar-refractivity contribution in [1.82, 2.24) is 10.6 Å². The second-order valence-corrected chi connectivity index (χ2v) is 7.08. The van der Waals surface area contributed by atoms with Gasteiger partial charge in [0.05, 0.1) is 6.61 Å². The van der Waals surface area contributed by atoms with Crippen molar-refractivity contribution in [3.05, 3.63) is 70.8 Å². The third-order valence-corrected chi connectivity index (χ3v) is 5.53. The van der Waals surface area contributed by atoms with E-state index in [4.69, 9.17) is 5.11 Å². The molecular weight excluding hydrogens is 312 g/mol. The van der Waals surface area contributed by atoms with Gasteiger partial charge in [-0.2, -0.15) is 0 Å². The van der Waals surface area contributed by atoms with Crippen LogP contribution in [0.5, 0.6) is 0 Å². The van der Waals surface area contributed by atoms with Gasteiger partial charge in [-0.1, -0.05) is 48.5 Å². The number of carbonyl (C=O) groups is 1. The summed E-state index contributed by atoms with van der Waals surface area (Å²) in [5, 5.41) is 15.2. The normalized spacial score (nSPS) is 23.3. The summed E-state index contributed by atoms with van der Waals surface area (Å²) in [4.78, 5) is 12.2. The van der Waals surface area contributed by atoms with Crippen molar-refractivity contribution in [3.63, 3.8) is 0 Å². The molecule has 2 aliphatic rings. The number of aryl methyl sites for hydroxylation is 1. The summed E-state index contributed by atoms with van der Waals surface area (Å²) in [5.41, 5.74) is 4.94. The first-order valence-corrected chi connectivity index (χ1v) is 9.07. The van der Waals surface area contributed by atoms with Gasteiger partial charge in [0.1, 0.15) is 0 Å². The topological polar surface area (TPSA) is 61.4 Å². The lowest BCUT2D eigenvalue weighted by Crippen LogP contribution is -2.38. The highest BCUT2D eigenvalue weighted by molar-refractivity contribution is 5.75. The number of fused-ring (bicyclic) bond motifs is 3. The summed E-state index contributed by atoms with van der Waals surface area (Å²) in [6.07, 6.45) is 3.09. The van der Waals surface area contributed by atoms with Gasteiger partial charge in [0.25, 0.3) is 0 Å². The maximum absolute atomic E-state index is 12.2. The molecule has 25 heavy (non-hydrogen) atoms. The second-order valence-electron chi connectivity index (χ2n) is 7.08. The molecule has 0 radical (unpaired) electrons. The van der Waals surface area contributed by atoms with E-state index in [9.17, 15) is 4.79 Å². The third kappa shape index (κ3) is 3.40. The van der Waals surface area contributed by atoms with E-state index in [1.54, 1.807) is 0 Å². The average Bonchev–Trinajstić information content (AvgIpc) is 3.35. The molecule has 0 heterocycles. The Hall–Kier alpha value is -2.33. The summed E-state index contributed by atoms with van der Waals surface area (Å²) in [5.74, 6) is 1.11. The third-order valence-electron chi connectivity index (χ3n) is 5.53. The summed E-state index contributed by atoms with van der Waals surface area (Å²) in [7, 11) is 0. The quantitative estimate of drug-likeness (QED) is 0.786. The molecule has 4 heteroatoms. The molecule has 0 spiro atoms. The fourth-order valence-electron chi connectivity index (χ4n) is 4.10. The highest BCUT2D eigenvalue weighted by atomic mass is 16.3. The number of hydrogen-bond donors (Lipinski definition) is 3. The van der Waals surface area contributed by atoms with E-state index in [2.05, 4.69) is 34.9 Å². The molecule has 3 unspecified atom stereocenters. The second kappa shape index (κ2) is 6.89. The largest absolute Gasteiger partial charge is 0.392 e. The minimum Gasteiger partial charge on any atom is -0.392 e. The Kier molecular flexibility index (Phi) is 4.45. The number of aliphatic hydroxyl groups is 1. The molecule has 4 nitrogen and oxygen atoms in total. The number of hydrogen-bond acceptors (Lipinski definition) is 2. The summed E-state index contributed by atoms with van der Waals surface area (Å²) in [6, 6.07) is 16.7. The lowest BCUT2D eigenvalue weighted by atomic mass is 9.92. The van der Waals surface area contributed by atoms with Crippen molar-refractivity contribution < 1.29 is 9.90 Å². The standard InChI is InChI=1S/C21H24N2O2/c24-13-15-7-5-14(6-8-15)11-12-22-21(25)23-20-18-10-9-16-3-1-2-4-17(16)19(18)20/h1-8,18-20,24H,9-13H2,(H2,22,23,25). The van der Waals surface area contributed by atoms with Crippen LogP contribution >= 0.6 is 0 Å². The molecule has 2 aromatic carbocycles. The minimum absolute atomic E-state index is 0.0633. The molecule has 3 N–H and O–H groups in total. The van der Waals surface area contributed by atoms with Crippen LogP contribution in [0.4, 0.5) is 4.79 Å². The SMILES string of the molecule is O=C(NCCc1ccc(CO)cc1)NC1C2CCc3ccccc3C21. The first-order valence-electron chi connectivity index (χ1n) is 9.07. The smallest absolute Gasteiger partial charge is 0.315 e. The predicted molar refractivity (Wildman–Crippen MR) is 97.4 cm³/mol. The van der Waals surface area contributed by atoms with Crippen LogP contribution in [0.2, 0.25) is 0 Å². The number of carbonyl (C=O) groups excluding carboxylic acids is 1. The van der Waals surface area contributed by atoms with E-state index in [1.807, 2.05) is 24.3 Å². The number of benzene rings is 2. The first kappa shape index (κ1) is 16.2. The van der Waals surface area contributed by atoms with Gasteiger partial charge in [0.2, 0.25) is 0 Å². The van der Waals surface area contributed by atoms with Gasteiger partial charge in [-0.05, 0) is 47.4 Å². The summed E-state index contributed by atoms with van der Waals surface area (Å²) >= 11 is 0. The van der Waals surface area contributed by atoms with Crippen LogP contribution in [0.1, 0.15) is 34.6 Å². The molecule has 130 valence electrons. The van der Waals surface area contributed by atoms with E-state index in [1.165, 1.54) is 17.5 Å². The Bertz CT molecular complexity index is 757. The van der Waals surface area contributed by atoms with Gasteiger partial charge in [-0.15, -0.1) is 0 Å². The highest BCUT2D eigenvalue weighted by Gasteiger charge is 2.53. The summed E-state index contributed by atoms with van der Waals surface area (Å²) in [6.45, 7) is 0.677. The van der Waals surface area contributed by atoms with Crippen molar-refractivity contribution in [3.8, 4) is 0 Å². The van der Waals surface area contributed by atoms with Crippen molar-refractivity contribution >= 4 is 6.03 Å². The first-order chi connectivity index (χ1) is 12.3. The van der Waals surface area contributed by atoms with E-state index in [0.29, 0.717) is 18.4 Å². The molecule has 3 atom stereocenters. The number of amides is 2.